The van der Waals surface area contributed by atoms with E-state index in [4.69, 9.17) is 23.4 Å². The Bertz CT molecular complexity index is 1150. The van der Waals surface area contributed by atoms with Crippen LogP contribution < -0.4 is 19.6 Å². The first-order valence-corrected chi connectivity index (χ1v) is 8.82. The SMILES string of the molecule is COC(=O)CC(c1cc(OC)c2c(c1)OCO2)c1oc2ccccc2c(=O)c1O. The minimum atomic E-state index is -0.817. The summed E-state index contributed by atoms with van der Waals surface area (Å²) < 4.78 is 26.9. The number of para-hydroxylation sites is 1. The van der Waals surface area contributed by atoms with E-state index in [0.717, 1.165) is 0 Å². The van der Waals surface area contributed by atoms with E-state index in [1.807, 2.05) is 0 Å². The smallest absolute Gasteiger partial charge is 0.306 e. The van der Waals surface area contributed by atoms with Gasteiger partial charge in [0.05, 0.1) is 31.9 Å². The van der Waals surface area contributed by atoms with Gasteiger partial charge in [-0.25, -0.2) is 0 Å². The molecule has 29 heavy (non-hydrogen) atoms. The van der Waals surface area contributed by atoms with Gasteiger partial charge < -0.3 is 28.5 Å². The Morgan fingerprint density at radius 1 is 1.21 bits per heavy atom. The molecule has 1 aliphatic rings. The van der Waals surface area contributed by atoms with E-state index >= 15 is 0 Å². The predicted molar refractivity (Wildman–Crippen MR) is 102 cm³/mol. The molecule has 0 amide bonds. The lowest BCUT2D eigenvalue weighted by Crippen LogP contribution is -2.14. The van der Waals surface area contributed by atoms with Crippen molar-refractivity contribution in [3.8, 4) is 23.0 Å². The van der Waals surface area contributed by atoms with Gasteiger partial charge in [-0.15, -0.1) is 0 Å². The molecule has 2 aromatic carbocycles. The highest BCUT2D eigenvalue weighted by Crippen LogP contribution is 2.45. The van der Waals surface area contributed by atoms with Crippen LogP contribution in [0.25, 0.3) is 11.0 Å². The second-order valence-corrected chi connectivity index (χ2v) is 6.43. The van der Waals surface area contributed by atoms with Crippen LogP contribution in [0.2, 0.25) is 0 Å². The lowest BCUT2D eigenvalue weighted by molar-refractivity contribution is -0.140. The summed E-state index contributed by atoms with van der Waals surface area (Å²) in [5.74, 6) is -0.694. The maximum atomic E-state index is 12.7. The molecule has 1 aliphatic heterocycles. The summed E-state index contributed by atoms with van der Waals surface area (Å²) in [6.07, 6.45) is -0.172. The zero-order valence-electron chi connectivity index (χ0n) is 15.8. The van der Waals surface area contributed by atoms with Crippen LogP contribution in [0.15, 0.2) is 45.6 Å². The molecule has 1 atom stereocenters. The average Bonchev–Trinajstić information content (AvgIpc) is 3.22. The van der Waals surface area contributed by atoms with E-state index in [2.05, 4.69) is 0 Å². The molecule has 4 rings (SSSR count). The van der Waals surface area contributed by atoms with Crippen molar-refractivity contribution < 1.29 is 33.3 Å². The summed E-state index contributed by atoms with van der Waals surface area (Å²) in [5, 5.41) is 10.8. The fourth-order valence-corrected chi connectivity index (χ4v) is 3.35. The molecule has 0 radical (unpaired) electrons. The molecule has 0 bridgehead atoms. The van der Waals surface area contributed by atoms with Crippen molar-refractivity contribution in [2.24, 2.45) is 0 Å². The zero-order valence-corrected chi connectivity index (χ0v) is 15.8. The Labute approximate surface area is 165 Å². The molecule has 150 valence electrons. The Kier molecular flexibility index (Phi) is 4.75. The van der Waals surface area contributed by atoms with Crippen molar-refractivity contribution in [1.82, 2.24) is 0 Å². The lowest BCUT2D eigenvalue weighted by atomic mass is 9.91. The van der Waals surface area contributed by atoms with Gasteiger partial charge in [0.25, 0.3) is 0 Å². The minimum Gasteiger partial charge on any atom is -0.502 e. The average molecular weight is 398 g/mol. The van der Waals surface area contributed by atoms with Crippen molar-refractivity contribution in [1.29, 1.82) is 0 Å². The van der Waals surface area contributed by atoms with Crippen LogP contribution in [0, 0.1) is 0 Å². The highest BCUT2D eigenvalue weighted by molar-refractivity contribution is 5.78. The zero-order chi connectivity index (χ0) is 20.5. The number of methoxy groups -OCH3 is 2. The highest BCUT2D eigenvalue weighted by Gasteiger charge is 2.30. The Hall–Kier alpha value is -3.68. The van der Waals surface area contributed by atoms with Crippen LogP contribution >= 0.6 is 0 Å². The number of carbonyl (C=O) groups excluding carboxylic acids is 1. The topological polar surface area (TPSA) is 104 Å². The molecule has 1 N–H and O–H groups in total. The Morgan fingerprint density at radius 3 is 2.76 bits per heavy atom. The van der Waals surface area contributed by atoms with Crippen LogP contribution in [0.3, 0.4) is 0 Å². The van der Waals surface area contributed by atoms with E-state index in [1.54, 1.807) is 36.4 Å². The number of fused-ring (bicyclic) bond motifs is 2. The van der Waals surface area contributed by atoms with Crippen LogP contribution in [-0.2, 0) is 9.53 Å². The maximum Gasteiger partial charge on any atom is 0.306 e. The first kappa shape index (κ1) is 18.7. The molecule has 8 heteroatoms. The number of esters is 1. The fourth-order valence-electron chi connectivity index (χ4n) is 3.35. The number of rotatable bonds is 5. The van der Waals surface area contributed by atoms with Gasteiger partial charge >= 0.3 is 5.97 Å². The van der Waals surface area contributed by atoms with E-state index in [1.165, 1.54) is 14.2 Å². The third-order valence-corrected chi connectivity index (χ3v) is 4.80. The predicted octanol–water partition coefficient (Wildman–Crippen LogP) is 2.93. The van der Waals surface area contributed by atoms with Crippen LogP contribution in [-0.4, -0.2) is 32.1 Å². The Morgan fingerprint density at radius 2 is 2.00 bits per heavy atom. The molecule has 1 unspecified atom stereocenters. The molecule has 1 aromatic heterocycles. The summed E-state index contributed by atoms with van der Waals surface area (Å²) in [4.78, 5) is 24.8. The van der Waals surface area contributed by atoms with E-state index in [9.17, 15) is 14.7 Å². The summed E-state index contributed by atoms with van der Waals surface area (Å²) in [5.41, 5.74) is 0.252. The second kappa shape index (κ2) is 7.38. The van der Waals surface area contributed by atoms with Gasteiger partial charge in [-0.2, -0.15) is 0 Å². The number of hydrogen-bond donors (Lipinski definition) is 1. The first-order chi connectivity index (χ1) is 14.0. The first-order valence-electron chi connectivity index (χ1n) is 8.82. The van der Waals surface area contributed by atoms with Gasteiger partial charge in [0.1, 0.15) is 5.58 Å². The largest absolute Gasteiger partial charge is 0.502 e. The minimum absolute atomic E-state index is 0.0348. The summed E-state index contributed by atoms with van der Waals surface area (Å²) in [6.45, 7) is 0.0348. The maximum absolute atomic E-state index is 12.7. The second-order valence-electron chi connectivity index (χ2n) is 6.43. The van der Waals surface area contributed by atoms with Crippen molar-refractivity contribution >= 4 is 16.9 Å². The number of ether oxygens (including phenoxy) is 4. The quantitative estimate of drug-likeness (QED) is 0.654. The van der Waals surface area contributed by atoms with Gasteiger partial charge in [0, 0.05) is 0 Å². The van der Waals surface area contributed by atoms with Crippen molar-refractivity contribution in [3.63, 3.8) is 0 Å². The molecule has 0 fully saturated rings. The summed E-state index contributed by atoms with van der Waals surface area (Å²) in [6, 6.07) is 9.87. The molecule has 0 spiro atoms. The molecular formula is C21H18O8. The van der Waals surface area contributed by atoms with Crippen LogP contribution in [0.5, 0.6) is 23.0 Å². The fraction of sp³-hybridized carbons (Fsp3) is 0.238. The van der Waals surface area contributed by atoms with Crippen LogP contribution in [0.4, 0.5) is 0 Å². The molecule has 8 nitrogen and oxygen atoms in total. The van der Waals surface area contributed by atoms with Gasteiger partial charge in [0.15, 0.2) is 17.3 Å². The number of hydrogen-bond acceptors (Lipinski definition) is 8. The van der Waals surface area contributed by atoms with Crippen molar-refractivity contribution in [3.05, 3.63) is 57.9 Å². The number of carbonyl (C=O) groups is 1. The third kappa shape index (κ3) is 3.22. The van der Waals surface area contributed by atoms with Gasteiger partial charge in [-0.3, -0.25) is 9.59 Å². The molecular weight excluding hydrogens is 380 g/mol. The van der Waals surface area contributed by atoms with E-state index in [0.29, 0.717) is 28.4 Å². The highest BCUT2D eigenvalue weighted by atomic mass is 16.7. The molecule has 3 aromatic rings. The summed E-state index contributed by atoms with van der Waals surface area (Å²) in [7, 11) is 2.74. The number of benzene rings is 2. The van der Waals surface area contributed by atoms with Gasteiger partial charge in [-0.05, 0) is 29.8 Å². The normalized spacial score (nSPS) is 13.3. The van der Waals surface area contributed by atoms with Crippen molar-refractivity contribution in [2.45, 2.75) is 12.3 Å². The Balaban J connectivity index is 1.93. The monoisotopic (exact) mass is 398 g/mol. The van der Waals surface area contributed by atoms with Crippen LogP contribution in [0.1, 0.15) is 23.7 Å². The summed E-state index contributed by atoms with van der Waals surface area (Å²) >= 11 is 0. The molecule has 0 aliphatic carbocycles. The molecule has 0 saturated carbocycles. The molecule has 0 saturated heterocycles. The van der Waals surface area contributed by atoms with Gasteiger partial charge in [-0.1, -0.05) is 12.1 Å². The van der Waals surface area contributed by atoms with Crippen molar-refractivity contribution in [2.75, 3.05) is 21.0 Å². The lowest BCUT2D eigenvalue weighted by Gasteiger charge is -2.18. The van der Waals surface area contributed by atoms with E-state index in [-0.39, 0.29) is 24.4 Å². The molecule has 2 heterocycles. The van der Waals surface area contributed by atoms with E-state index < -0.39 is 23.1 Å². The third-order valence-electron chi connectivity index (χ3n) is 4.80. The standard InChI is InChI=1S/C21H18O8/c1-25-15-7-11(8-16-21(15)28-10-27-16)13(9-17(22)26-2)20-19(24)18(23)12-5-3-4-6-14(12)29-20/h3-8,13,24H,9-10H2,1-2H3. The van der Waals surface area contributed by atoms with Gasteiger partial charge in [0.2, 0.25) is 23.7 Å². The number of aromatic hydroxyl groups is 1.